The van der Waals surface area contributed by atoms with Crippen LogP contribution >= 0.6 is 0 Å². The number of aliphatic hydroxyl groups excluding tert-OH is 1. The lowest BCUT2D eigenvalue weighted by Gasteiger charge is -2.38. The third-order valence-corrected chi connectivity index (χ3v) is 8.15. The van der Waals surface area contributed by atoms with Crippen molar-refractivity contribution in [3.05, 3.63) is 107 Å². The van der Waals surface area contributed by atoms with E-state index in [0.29, 0.717) is 39.4 Å². The number of nitrogens with one attached hydrogen (secondary N) is 1. The summed E-state index contributed by atoms with van der Waals surface area (Å²) in [6, 6.07) is 18.8. The number of hydrogen-bond acceptors (Lipinski definition) is 8. The summed E-state index contributed by atoms with van der Waals surface area (Å²) in [5.41, 5.74) is 6.66. The number of pyridine rings is 1. The van der Waals surface area contributed by atoms with Crippen molar-refractivity contribution < 1.29 is 14.2 Å². The molecule has 6 aromatic rings. The van der Waals surface area contributed by atoms with E-state index in [1.165, 1.54) is 17.7 Å². The van der Waals surface area contributed by atoms with Crippen molar-refractivity contribution >= 4 is 11.7 Å². The van der Waals surface area contributed by atoms with Gasteiger partial charge in [0.05, 0.1) is 25.0 Å². The number of H-pyrrole nitrogens is 1. The van der Waals surface area contributed by atoms with Gasteiger partial charge in [-0.2, -0.15) is 5.10 Å². The van der Waals surface area contributed by atoms with Gasteiger partial charge in [-0.3, -0.25) is 10.00 Å². The molecule has 11 heteroatoms. The van der Waals surface area contributed by atoms with Crippen molar-refractivity contribution in [2.24, 2.45) is 0 Å². The summed E-state index contributed by atoms with van der Waals surface area (Å²) in [5, 5.41) is 22.0. The Morgan fingerprint density at radius 3 is 2.60 bits per heavy atom. The normalized spacial score (nSPS) is 13.7. The van der Waals surface area contributed by atoms with Crippen LogP contribution in [-0.4, -0.2) is 65.0 Å². The van der Waals surface area contributed by atoms with Gasteiger partial charge in [0.25, 0.3) is 0 Å². The van der Waals surface area contributed by atoms with Crippen LogP contribution in [0.3, 0.4) is 0 Å². The quantitative estimate of drug-likeness (QED) is 0.225. The number of nitrogens with zero attached hydrogens (tertiary/aromatic N) is 7. The van der Waals surface area contributed by atoms with Gasteiger partial charge in [0.15, 0.2) is 11.5 Å². The molecule has 0 atom stereocenters. The average molecular weight is 603 g/mol. The Morgan fingerprint density at radius 1 is 1.07 bits per heavy atom. The molecule has 0 bridgehead atoms. The van der Waals surface area contributed by atoms with Crippen LogP contribution in [0.4, 0.5) is 4.39 Å². The van der Waals surface area contributed by atoms with Crippen LogP contribution in [0.5, 0.6) is 5.88 Å². The number of benzene rings is 2. The van der Waals surface area contributed by atoms with Crippen molar-refractivity contribution in [1.29, 1.82) is 0 Å². The van der Waals surface area contributed by atoms with Crippen LogP contribution in [0.1, 0.15) is 34.1 Å². The largest absolute Gasteiger partial charge is 0.480 e. The van der Waals surface area contributed by atoms with E-state index < -0.39 is 5.82 Å². The van der Waals surface area contributed by atoms with E-state index in [2.05, 4.69) is 43.9 Å². The number of hydrogen-bond donors (Lipinski definition) is 2. The van der Waals surface area contributed by atoms with Crippen LogP contribution in [0.2, 0.25) is 0 Å². The first-order valence-corrected chi connectivity index (χ1v) is 14.6. The fourth-order valence-electron chi connectivity index (χ4n) is 5.84. The lowest BCUT2D eigenvalue weighted by molar-refractivity contribution is 0.135. The molecule has 2 N–H and O–H groups in total. The summed E-state index contributed by atoms with van der Waals surface area (Å²) in [6.45, 7) is 8.04. The van der Waals surface area contributed by atoms with Gasteiger partial charge in [-0.1, -0.05) is 55.1 Å². The van der Waals surface area contributed by atoms with Gasteiger partial charge >= 0.3 is 0 Å². The Kier molecular flexibility index (Phi) is 7.40. The first kappa shape index (κ1) is 28.5. The van der Waals surface area contributed by atoms with E-state index in [1.54, 1.807) is 18.3 Å². The number of halogens is 1. The average Bonchev–Trinajstić information content (AvgIpc) is 3.66. The van der Waals surface area contributed by atoms with Gasteiger partial charge in [-0.15, -0.1) is 5.10 Å². The van der Waals surface area contributed by atoms with Crippen LogP contribution in [0, 0.1) is 12.7 Å². The second kappa shape index (κ2) is 11.7. The van der Waals surface area contributed by atoms with Gasteiger partial charge in [0, 0.05) is 54.1 Å². The Hall–Kier alpha value is -5.26. The molecule has 4 aromatic heterocycles. The fraction of sp³-hybridized carbons (Fsp3) is 0.206. The third-order valence-electron chi connectivity index (χ3n) is 8.15. The number of aryl methyl sites for hydroxylation is 1. The van der Waals surface area contributed by atoms with E-state index in [-0.39, 0.29) is 18.4 Å². The number of methoxy groups -OCH3 is 1. The maximum absolute atomic E-state index is 15.4. The number of likely N-dealkylation sites (tertiary alicyclic amines) is 1. The SMILES string of the molecule is C=Cc1cccc(F)c1-c1cn2nc(OC)c(CO)c2nc1-c1ccc(CN2CC(c3nc(-c4cccc(C)n4)n[nH]3)C2)cc1. The van der Waals surface area contributed by atoms with E-state index >= 15 is 4.39 Å². The number of aromatic nitrogens is 7. The molecule has 0 aliphatic carbocycles. The molecule has 226 valence electrons. The summed E-state index contributed by atoms with van der Waals surface area (Å²) in [7, 11) is 1.49. The molecule has 1 saturated heterocycles. The van der Waals surface area contributed by atoms with E-state index in [9.17, 15) is 5.11 Å². The van der Waals surface area contributed by atoms with Crippen molar-refractivity contribution in [3.8, 4) is 39.8 Å². The summed E-state index contributed by atoms with van der Waals surface area (Å²) >= 11 is 0. The molecule has 0 unspecified atom stereocenters. The number of aromatic amines is 1. The minimum atomic E-state index is -0.394. The summed E-state index contributed by atoms with van der Waals surface area (Å²) < 4.78 is 22.2. The Balaban J connectivity index is 1.14. The van der Waals surface area contributed by atoms with Gasteiger partial charge in [0.2, 0.25) is 5.88 Å². The van der Waals surface area contributed by atoms with Crippen molar-refractivity contribution in [2.75, 3.05) is 20.2 Å². The van der Waals surface area contributed by atoms with Gasteiger partial charge < -0.3 is 9.84 Å². The number of rotatable bonds is 9. The molecule has 7 rings (SSSR count). The highest BCUT2D eigenvalue weighted by molar-refractivity contribution is 5.86. The molecule has 1 fully saturated rings. The number of fused-ring (bicyclic) bond motifs is 1. The molecular weight excluding hydrogens is 571 g/mol. The first-order valence-electron chi connectivity index (χ1n) is 14.6. The molecular formula is C34H31FN8O2. The van der Waals surface area contributed by atoms with E-state index in [4.69, 9.17) is 14.7 Å². The smallest absolute Gasteiger partial charge is 0.240 e. The lowest BCUT2D eigenvalue weighted by atomic mass is 9.95. The summed E-state index contributed by atoms with van der Waals surface area (Å²) in [6.07, 6.45) is 3.35. The highest BCUT2D eigenvalue weighted by Crippen LogP contribution is 2.37. The molecule has 45 heavy (non-hydrogen) atoms. The second-order valence-corrected chi connectivity index (χ2v) is 11.1. The number of ether oxygens (including phenoxy) is 1. The summed E-state index contributed by atoms with van der Waals surface area (Å²) in [5.74, 6) is 1.64. The maximum Gasteiger partial charge on any atom is 0.240 e. The first-order chi connectivity index (χ1) is 21.9. The van der Waals surface area contributed by atoms with Crippen LogP contribution in [-0.2, 0) is 13.2 Å². The van der Waals surface area contributed by atoms with Crippen LogP contribution < -0.4 is 4.74 Å². The molecule has 0 saturated carbocycles. The van der Waals surface area contributed by atoms with Crippen molar-refractivity contribution in [3.63, 3.8) is 0 Å². The zero-order valence-corrected chi connectivity index (χ0v) is 24.9. The monoisotopic (exact) mass is 602 g/mol. The highest BCUT2D eigenvalue weighted by atomic mass is 19.1. The maximum atomic E-state index is 15.4. The summed E-state index contributed by atoms with van der Waals surface area (Å²) in [4.78, 5) is 16.5. The van der Waals surface area contributed by atoms with Crippen LogP contribution in [0.25, 0.3) is 45.6 Å². The molecule has 10 nitrogen and oxygen atoms in total. The topological polar surface area (TPSA) is 117 Å². The molecule has 1 aliphatic rings. The Morgan fingerprint density at radius 2 is 1.87 bits per heavy atom. The molecule has 0 amide bonds. The minimum Gasteiger partial charge on any atom is -0.480 e. The van der Waals surface area contributed by atoms with E-state index in [1.807, 2.05) is 43.3 Å². The minimum absolute atomic E-state index is 0.266. The zero-order valence-electron chi connectivity index (χ0n) is 24.9. The Labute approximate surface area is 258 Å². The van der Waals surface area contributed by atoms with Crippen molar-refractivity contribution in [1.82, 2.24) is 39.7 Å². The molecule has 0 spiro atoms. The van der Waals surface area contributed by atoms with Gasteiger partial charge in [-0.05, 0) is 36.2 Å². The molecule has 1 aliphatic heterocycles. The van der Waals surface area contributed by atoms with Crippen LogP contribution in [0.15, 0.2) is 73.4 Å². The molecule has 2 aromatic carbocycles. The zero-order chi connectivity index (χ0) is 31.1. The third kappa shape index (κ3) is 5.26. The standard InChI is InChI=1S/C34H31FN8O2/c1-4-22-8-6-9-27(35)29(22)25-18-43-33(26(19-44)34(41-43)45-3)37-30(25)23-13-11-21(12-14-23)15-42-16-24(17-42)31-38-32(40-39-31)28-10-5-7-20(2)36-28/h4-14,18,24,44H,1,15-17,19H2,2-3H3,(H,38,39,40). The van der Waals surface area contributed by atoms with E-state index in [0.717, 1.165) is 48.0 Å². The second-order valence-electron chi connectivity index (χ2n) is 11.1. The van der Waals surface area contributed by atoms with Gasteiger partial charge in [-0.25, -0.2) is 23.9 Å². The molecule has 5 heterocycles. The van der Waals surface area contributed by atoms with Crippen molar-refractivity contribution in [2.45, 2.75) is 26.0 Å². The number of aliphatic hydroxyl groups is 1. The van der Waals surface area contributed by atoms with Gasteiger partial charge in [0.1, 0.15) is 17.3 Å². The highest BCUT2D eigenvalue weighted by Gasteiger charge is 2.31. The lowest BCUT2D eigenvalue weighted by Crippen LogP contribution is -2.44. The fourth-order valence-corrected chi connectivity index (χ4v) is 5.84. The predicted molar refractivity (Wildman–Crippen MR) is 169 cm³/mol. The predicted octanol–water partition coefficient (Wildman–Crippen LogP) is 5.43. The Bertz CT molecular complexity index is 2030. The molecule has 0 radical (unpaired) electrons.